The summed E-state index contributed by atoms with van der Waals surface area (Å²) in [6.07, 6.45) is 6.36. The predicted octanol–water partition coefficient (Wildman–Crippen LogP) is 2.62. The van der Waals surface area contributed by atoms with Crippen LogP contribution in [0.15, 0.2) is 59.6 Å². The van der Waals surface area contributed by atoms with Crippen molar-refractivity contribution < 1.29 is 14.3 Å². The number of carbonyl (C=O) groups is 2. The summed E-state index contributed by atoms with van der Waals surface area (Å²) in [6.45, 7) is 3.30. The number of morpholine rings is 1. The molecule has 7 nitrogen and oxygen atoms in total. The molecule has 0 aliphatic carbocycles. The number of allylic oxidation sites excluding steroid dienone is 1. The largest absolute Gasteiger partial charge is 0.378 e. The Morgan fingerprint density at radius 1 is 1.10 bits per heavy atom. The second-order valence-corrected chi connectivity index (χ2v) is 7.94. The van der Waals surface area contributed by atoms with Crippen LogP contribution in [-0.2, 0) is 20.7 Å². The zero-order chi connectivity index (χ0) is 21.2. The quantitative estimate of drug-likeness (QED) is 0.766. The first kappa shape index (κ1) is 19.6. The Balaban J connectivity index is 1.35. The van der Waals surface area contributed by atoms with Crippen LogP contribution in [0.2, 0.25) is 0 Å². The Hall–Kier alpha value is -3.32. The molecule has 3 aliphatic rings. The minimum atomic E-state index is -0.0168. The number of rotatable bonds is 4. The topological polar surface area (TPSA) is 75.1 Å². The van der Waals surface area contributed by atoms with Gasteiger partial charge in [0, 0.05) is 61.5 Å². The van der Waals surface area contributed by atoms with E-state index in [0.29, 0.717) is 44.4 Å². The van der Waals surface area contributed by atoms with Crippen LogP contribution in [0.4, 0.5) is 5.69 Å². The van der Waals surface area contributed by atoms with Gasteiger partial charge < -0.3 is 14.5 Å². The smallest absolute Gasteiger partial charge is 0.232 e. The third-order valence-corrected chi connectivity index (χ3v) is 5.93. The lowest BCUT2D eigenvalue weighted by molar-refractivity contribution is -0.117. The third kappa shape index (κ3) is 4.01. The molecule has 1 fully saturated rings. The molecule has 0 radical (unpaired) electrons. The van der Waals surface area contributed by atoms with Crippen molar-refractivity contribution >= 4 is 23.1 Å². The molecule has 31 heavy (non-hydrogen) atoms. The molecule has 1 amide bonds. The Kier molecular flexibility index (Phi) is 5.34. The normalized spacial score (nSPS) is 18.5. The lowest BCUT2D eigenvalue weighted by Gasteiger charge is -2.30. The lowest BCUT2D eigenvalue weighted by atomic mass is 9.99. The molecule has 0 bridgehead atoms. The summed E-state index contributed by atoms with van der Waals surface area (Å²) < 4.78 is 5.38. The Bertz CT molecular complexity index is 1070. The van der Waals surface area contributed by atoms with Gasteiger partial charge in [0.2, 0.25) is 5.91 Å². The van der Waals surface area contributed by atoms with E-state index in [0.717, 1.165) is 23.2 Å². The van der Waals surface area contributed by atoms with Crippen LogP contribution < -0.4 is 4.90 Å². The molecule has 0 saturated carbocycles. The minimum Gasteiger partial charge on any atom is -0.378 e. The van der Waals surface area contributed by atoms with E-state index in [1.807, 2.05) is 35.4 Å². The van der Waals surface area contributed by atoms with Crippen LogP contribution >= 0.6 is 0 Å². The van der Waals surface area contributed by atoms with E-state index in [2.05, 4.69) is 20.9 Å². The first-order valence-electron chi connectivity index (χ1n) is 10.7. The molecule has 3 aliphatic heterocycles. The fourth-order valence-corrected chi connectivity index (χ4v) is 4.44. The number of aliphatic imine (C=N–C) groups is 1. The molecule has 1 saturated heterocycles. The monoisotopic (exact) mass is 416 g/mol. The molecule has 0 spiro atoms. The highest BCUT2D eigenvalue weighted by atomic mass is 16.5. The number of hydrogen-bond acceptors (Lipinski definition) is 6. The number of fused-ring (bicyclic) bond motifs is 1. The van der Waals surface area contributed by atoms with Gasteiger partial charge in [-0.05, 0) is 29.7 Å². The Morgan fingerprint density at radius 3 is 2.77 bits per heavy atom. The van der Waals surface area contributed by atoms with Gasteiger partial charge in [0.1, 0.15) is 5.82 Å². The average molecular weight is 416 g/mol. The zero-order valence-electron chi connectivity index (χ0n) is 17.3. The average Bonchev–Trinajstić information content (AvgIpc) is 3.24. The SMILES string of the molecule is O=C1C=C(N2CCOCC2)N=C(CC(=O)N2CCc3c(-c4cccnc4)cccc32)C1. The first-order valence-corrected chi connectivity index (χ1v) is 10.7. The fraction of sp³-hybridized carbons (Fsp3) is 0.333. The molecule has 2 aromatic rings. The van der Waals surface area contributed by atoms with Gasteiger partial charge in [0.25, 0.3) is 0 Å². The summed E-state index contributed by atoms with van der Waals surface area (Å²) in [5.74, 6) is 0.639. The molecule has 0 unspecified atom stereocenters. The molecule has 1 aromatic carbocycles. The summed E-state index contributed by atoms with van der Waals surface area (Å²) in [4.78, 5) is 38.2. The van der Waals surface area contributed by atoms with Gasteiger partial charge in [-0.15, -0.1) is 0 Å². The van der Waals surface area contributed by atoms with E-state index in [-0.39, 0.29) is 24.5 Å². The number of pyridine rings is 1. The zero-order valence-corrected chi connectivity index (χ0v) is 17.3. The number of ether oxygens (including phenoxy) is 1. The first-order chi connectivity index (χ1) is 15.2. The highest BCUT2D eigenvalue weighted by Crippen LogP contribution is 2.36. The molecule has 0 N–H and O–H groups in total. The predicted molar refractivity (Wildman–Crippen MR) is 118 cm³/mol. The van der Waals surface area contributed by atoms with Crippen LogP contribution in [0.25, 0.3) is 11.1 Å². The van der Waals surface area contributed by atoms with Crippen molar-refractivity contribution in [1.82, 2.24) is 9.88 Å². The molecule has 7 heteroatoms. The van der Waals surface area contributed by atoms with E-state index in [4.69, 9.17) is 4.74 Å². The second-order valence-electron chi connectivity index (χ2n) is 7.94. The van der Waals surface area contributed by atoms with Gasteiger partial charge in [-0.2, -0.15) is 0 Å². The summed E-state index contributed by atoms with van der Waals surface area (Å²) in [7, 11) is 0. The number of hydrogen-bond donors (Lipinski definition) is 0. The molecular formula is C24H24N4O3. The standard InChI is InChI=1S/C24H24N4O3/c29-19-13-18(26-23(15-19)27-9-11-31-12-10-27)14-24(30)28-8-6-21-20(4-1-5-22(21)28)17-3-2-7-25-16-17/h1-5,7,15-16H,6,8-14H2. The highest BCUT2D eigenvalue weighted by molar-refractivity contribution is 6.16. The number of nitrogens with zero attached hydrogens (tertiary/aromatic N) is 4. The van der Waals surface area contributed by atoms with Crippen molar-refractivity contribution in [2.45, 2.75) is 19.3 Å². The third-order valence-electron chi connectivity index (χ3n) is 5.93. The van der Waals surface area contributed by atoms with E-state index in [1.54, 1.807) is 12.3 Å². The summed E-state index contributed by atoms with van der Waals surface area (Å²) >= 11 is 0. The van der Waals surface area contributed by atoms with Crippen LogP contribution in [-0.4, -0.2) is 60.1 Å². The van der Waals surface area contributed by atoms with Crippen molar-refractivity contribution in [2.24, 2.45) is 4.99 Å². The fourth-order valence-electron chi connectivity index (χ4n) is 4.44. The second kappa shape index (κ2) is 8.43. The molecule has 0 atom stereocenters. The highest BCUT2D eigenvalue weighted by Gasteiger charge is 2.29. The van der Waals surface area contributed by atoms with E-state index in [1.165, 1.54) is 5.56 Å². The van der Waals surface area contributed by atoms with Gasteiger partial charge in [0.15, 0.2) is 5.78 Å². The van der Waals surface area contributed by atoms with Crippen LogP contribution in [0.5, 0.6) is 0 Å². The van der Waals surface area contributed by atoms with Crippen molar-refractivity contribution in [3.63, 3.8) is 0 Å². The maximum absolute atomic E-state index is 13.2. The molecular weight excluding hydrogens is 392 g/mol. The summed E-state index contributed by atoms with van der Waals surface area (Å²) in [6, 6.07) is 10.0. The van der Waals surface area contributed by atoms with Crippen molar-refractivity contribution in [3.8, 4) is 11.1 Å². The number of carbonyl (C=O) groups excluding carboxylic acids is 2. The number of amides is 1. The van der Waals surface area contributed by atoms with Gasteiger partial charge in [-0.1, -0.05) is 18.2 Å². The number of benzene rings is 1. The number of anilines is 1. The van der Waals surface area contributed by atoms with Crippen LogP contribution in [0, 0.1) is 0 Å². The van der Waals surface area contributed by atoms with E-state index >= 15 is 0 Å². The van der Waals surface area contributed by atoms with Gasteiger partial charge >= 0.3 is 0 Å². The maximum atomic E-state index is 13.2. The molecule has 4 heterocycles. The summed E-state index contributed by atoms with van der Waals surface area (Å²) in [5.41, 5.74) is 4.91. The van der Waals surface area contributed by atoms with Crippen molar-refractivity contribution in [1.29, 1.82) is 0 Å². The number of aromatic nitrogens is 1. The Morgan fingerprint density at radius 2 is 1.97 bits per heavy atom. The lowest BCUT2D eigenvalue weighted by Crippen LogP contribution is -2.37. The van der Waals surface area contributed by atoms with Gasteiger partial charge in [0.05, 0.1) is 19.6 Å². The molecule has 1 aromatic heterocycles. The Labute approximate surface area is 181 Å². The van der Waals surface area contributed by atoms with Crippen molar-refractivity contribution in [2.75, 3.05) is 37.7 Å². The molecule has 158 valence electrons. The van der Waals surface area contributed by atoms with Crippen LogP contribution in [0.3, 0.4) is 0 Å². The van der Waals surface area contributed by atoms with Crippen molar-refractivity contribution in [3.05, 3.63) is 60.2 Å². The minimum absolute atomic E-state index is 0.0000206. The van der Waals surface area contributed by atoms with E-state index in [9.17, 15) is 9.59 Å². The van der Waals surface area contributed by atoms with Crippen LogP contribution in [0.1, 0.15) is 18.4 Å². The van der Waals surface area contributed by atoms with E-state index < -0.39 is 0 Å². The maximum Gasteiger partial charge on any atom is 0.232 e. The molecule has 5 rings (SSSR count). The summed E-state index contributed by atoms with van der Waals surface area (Å²) in [5, 5.41) is 0. The van der Waals surface area contributed by atoms with Gasteiger partial charge in [-0.3, -0.25) is 14.6 Å². The van der Waals surface area contributed by atoms with Gasteiger partial charge in [-0.25, -0.2) is 4.99 Å². The number of ketones is 1.